The van der Waals surface area contributed by atoms with Gasteiger partial charge in [0.1, 0.15) is 11.7 Å². The zero-order valence-corrected chi connectivity index (χ0v) is 22.1. The number of pyridine rings is 1. The topological polar surface area (TPSA) is 118 Å². The van der Waals surface area contributed by atoms with Gasteiger partial charge in [-0.25, -0.2) is 18.4 Å². The van der Waals surface area contributed by atoms with Crippen molar-refractivity contribution in [1.82, 2.24) is 23.7 Å². The van der Waals surface area contributed by atoms with Gasteiger partial charge in [0, 0.05) is 39.0 Å². The van der Waals surface area contributed by atoms with Gasteiger partial charge in [-0.2, -0.15) is 4.31 Å². The number of nitrogens with zero attached hydrogens (tertiary/aromatic N) is 5. The van der Waals surface area contributed by atoms with E-state index in [0.29, 0.717) is 12.1 Å². The molecule has 196 valence electrons. The molecule has 3 heterocycles. The molecule has 0 unspecified atom stereocenters. The van der Waals surface area contributed by atoms with E-state index in [4.69, 9.17) is 4.74 Å². The van der Waals surface area contributed by atoms with Crippen LogP contribution in [-0.4, -0.2) is 82.1 Å². The number of aryl methyl sites for hydroxylation is 1. The van der Waals surface area contributed by atoms with Crippen molar-refractivity contribution in [2.75, 3.05) is 26.7 Å². The van der Waals surface area contributed by atoms with Crippen molar-refractivity contribution in [1.29, 1.82) is 0 Å². The fourth-order valence-corrected chi connectivity index (χ4v) is 5.77. The number of likely N-dealkylation sites (N-methyl/N-ethyl adjacent to an activating group) is 1. The van der Waals surface area contributed by atoms with Crippen LogP contribution in [0.5, 0.6) is 5.88 Å². The Morgan fingerprint density at radius 2 is 2.08 bits per heavy atom. The molecule has 1 aliphatic carbocycles. The van der Waals surface area contributed by atoms with Gasteiger partial charge in [0.25, 0.3) is 15.9 Å². The Morgan fingerprint density at radius 1 is 1.31 bits per heavy atom. The molecule has 10 nitrogen and oxygen atoms in total. The molecular formula is C25H35N5O5S. The summed E-state index contributed by atoms with van der Waals surface area (Å²) >= 11 is 0. The predicted octanol–water partition coefficient (Wildman–Crippen LogP) is 2.31. The largest absolute Gasteiger partial charge is 0.472 e. The first-order valence-corrected chi connectivity index (χ1v) is 13.8. The number of carbonyl (C=O) groups excluding carboxylic acids is 1. The standard InChI is InChI=1S/C25H35N5O5S/c1-17-12-30(18(2)15-31)25(32)21-10-20(19-8-6-5-7-9-19)11-26-24(21)35-22(17)13-29(4)36(33,34)23-14-28(3)16-27-23/h8,10-11,14,16-18,22,31H,5-7,9,12-13,15H2,1-4H3/t17-,18+,22+/m1/s1. The molecule has 2 aromatic rings. The van der Waals surface area contributed by atoms with Crippen LogP contribution in [-0.2, 0) is 17.1 Å². The molecule has 3 atom stereocenters. The number of hydrogen-bond donors (Lipinski definition) is 1. The molecule has 1 aliphatic heterocycles. The maximum atomic E-state index is 13.6. The van der Waals surface area contributed by atoms with Gasteiger partial charge < -0.3 is 19.3 Å². The smallest absolute Gasteiger partial charge is 0.261 e. The maximum absolute atomic E-state index is 13.6. The number of aromatic nitrogens is 3. The van der Waals surface area contributed by atoms with E-state index in [9.17, 15) is 18.3 Å². The second-order valence-corrected chi connectivity index (χ2v) is 11.8. The quantitative estimate of drug-likeness (QED) is 0.599. The Balaban J connectivity index is 1.68. The number of carbonyl (C=O) groups is 1. The van der Waals surface area contributed by atoms with Gasteiger partial charge in [-0.15, -0.1) is 0 Å². The summed E-state index contributed by atoms with van der Waals surface area (Å²) in [6, 6.07) is 1.40. The van der Waals surface area contributed by atoms with Crippen molar-refractivity contribution in [3.8, 4) is 5.88 Å². The van der Waals surface area contributed by atoms with E-state index in [0.717, 1.165) is 31.2 Å². The summed E-state index contributed by atoms with van der Waals surface area (Å²) in [5, 5.41) is 9.82. The number of hydrogen-bond acceptors (Lipinski definition) is 7. The van der Waals surface area contributed by atoms with E-state index in [1.165, 1.54) is 29.5 Å². The number of ether oxygens (including phenoxy) is 1. The number of allylic oxidation sites excluding steroid dienone is 2. The molecule has 0 spiro atoms. The molecule has 0 saturated carbocycles. The Hall–Kier alpha value is -2.76. The van der Waals surface area contributed by atoms with Gasteiger partial charge in [0.15, 0.2) is 5.03 Å². The van der Waals surface area contributed by atoms with Crippen molar-refractivity contribution in [2.45, 2.75) is 56.7 Å². The van der Waals surface area contributed by atoms with Crippen LogP contribution in [0.2, 0.25) is 0 Å². The van der Waals surface area contributed by atoms with Crippen LogP contribution in [0.25, 0.3) is 5.57 Å². The maximum Gasteiger partial charge on any atom is 0.261 e. The fourth-order valence-electron chi connectivity index (χ4n) is 4.63. The van der Waals surface area contributed by atoms with Crippen molar-refractivity contribution < 1.29 is 23.1 Å². The van der Waals surface area contributed by atoms with E-state index in [1.807, 2.05) is 13.0 Å². The Morgan fingerprint density at radius 3 is 2.72 bits per heavy atom. The Bertz CT molecular complexity index is 1240. The highest BCUT2D eigenvalue weighted by atomic mass is 32.2. The Kier molecular flexibility index (Phi) is 7.82. The minimum atomic E-state index is -3.83. The summed E-state index contributed by atoms with van der Waals surface area (Å²) in [4.78, 5) is 23.8. The second-order valence-electron chi connectivity index (χ2n) is 9.84. The lowest BCUT2D eigenvalue weighted by atomic mass is 9.93. The third-order valence-electron chi connectivity index (χ3n) is 6.98. The van der Waals surface area contributed by atoms with Crippen molar-refractivity contribution in [3.63, 3.8) is 0 Å². The third-order valence-corrected chi connectivity index (χ3v) is 8.68. The van der Waals surface area contributed by atoms with E-state index >= 15 is 0 Å². The van der Waals surface area contributed by atoms with Crippen molar-refractivity contribution in [2.24, 2.45) is 13.0 Å². The summed E-state index contributed by atoms with van der Waals surface area (Å²) < 4.78 is 35.2. The number of aliphatic hydroxyl groups excluding tert-OH is 1. The summed E-state index contributed by atoms with van der Waals surface area (Å²) in [5.74, 6) is -0.312. The average Bonchev–Trinajstić information content (AvgIpc) is 3.33. The highest BCUT2D eigenvalue weighted by molar-refractivity contribution is 7.89. The SMILES string of the molecule is C[C@@H]1CN([C@@H](C)CO)C(=O)c2cc(C3=CCCCC3)cnc2O[C@H]1CN(C)S(=O)(=O)c1cn(C)cn1. The van der Waals surface area contributed by atoms with Gasteiger partial charge in [0.2, 0.25) is 5.88 Å². The van der Waals surface area contributed by atoms with Gasteiger partial charge in [0.05, 0.1) is 25.5 Å². The van der Waals surface area contributed by atoms with Gasteiger partial charge in [-0.05, 0) is 49.8 Å². The van der Waals surface area contributed by atoms with E-state index in [1.54, 1.807) is 29.6 Å². The summed E-state index contributed by atoms with van der Waals surface area (Å²) in [6.07, 6.45) is 10.4. The van der Waals surface area contributed by atoms with Crippen LogP contribution in [0.4, 0.5) is 0 Å². The van der Waals surface area contributed by atoms with Gasteiger partial charge in [-0.1, -0.05) is 13.0 Å². The normalized spacial score (nSPS) is 21.9. The van der Waals surface area contributed by atoms with E-state index < -0.39 is 22.2 Å². The van der Waals surface area contributed by atoms with Crippen LogP contribution in [0, 0.1) is 5.92 Å². The van der Waals surface area contributed by atoms with Crippen LogP contribution < -0.4 is 4.74 Å². The first-order chi connectivity index (χ1) is 17.1. The zero-order chi connectivity index (χ0) is 26.0. The highest BCUT2D eigenvalue weighted by Gasteiger charge is 2.36. The van der Waals surface area contributed by atoms with E-state index in [-0.39, 0.29) is 35.9 Å². The first-order valence-electron chi connectivity index (χ1n) is 12.3. The van der Waals surface area contributed by atoms with Gasteiger partial charge >= 0.3 is 0 Å². The molecule has 0 saturated heterocycles. The molecule has 0 radical (unpaired) electrons. The number of imidazole rings is 1. The number of aliphatic hydroxyl groups is 1. The molecule has 11 heteroatoms. The molecular weight excluding hydrogens is 482 g/mol. The molecule has 0 bridgehead atoms. The second kappa shape index (κ2) is 10.7. The molecule has 36 heavy (non-hydrogen) atoms. The molecule has 1 N–H and O–H groups in total. The number of rotatable bonds is 7. The van der Waals surface area contributed by atoms with Crippen LogP contribution >= 0.6 is 0 Å². The monoisotopic (exact) mass is 517 g/mol. The molecule has 2 aliphatic rings. The molecule has 2 aromatic heterocycles. The van der Waals surface area contributed by atoms with Crippen LogP contribution in [0.15, 0.2) is 35.9 Å². The first kappa shape index (κ1) is 26.3. The van der Waals surface area contributed by atoms with E-state index in [2.05, 4.69) is 16.0 Å². The lowest BCUT2D eigenvalue weighted by Gasteiger charge is -2.37. The molecule has 1 amide bonds. The van der Waals surface area contributed by atoms with Crippen LogP contribution in [0.3, 0.4) is 0 Å². The van der Waals surface area contributed by atoms with Crippen molar-refractivity contribution in [3.05, 3.63) is 42.0 Å². The third kappa shape index (κ3) is 5.33. The number of amides is 1. The summed E-state index contributed by atoms with van der Waals surface area (Å²) in [7, 11) is -0.633. The lowest BCUT2D eigenvalue weighted by molar-refractivity contribution is 0.0373. The molecule has 0 aromatic carbocycles. The lowest BCUT2D eigenvalue weighted by Crippen LogP contribution is -2.50. The van der Waals surface area contributed by atoms with Crippen LogP contribution in [0.1, 0.15) is 55.5 Å². The summed E-state index contributed by atoms with van der Waals surface area (Å²) in [5.41, 5.74) is 2.38. The minimum Gasteiger partial charge on any atom is -0.472 e. The summed E-state index contributed by atoms with van der Waals surface area (Å²) in [6.45, 7) is 3.85. The molecule has 0 fully saturated rings. The van der Waals surface area contributed by atoms with Crippen molar-refractivity contribution >= 4 is 21.5 Å². The number of sulfonamides is 1. The average molecular weight is 518 g/mol. The van der Waals surface area contributed by atoms with Gasteiger partial charge in [-0.3, -0.25) is 4.79 Å². The zero-order valence-electron chi connectivity index (χ0n) is 21.3. The predicted molar refractivity (Wildman–Crippen MR) is 135 cm³/mol. The highest BCUT2D eigenvalue weighted by Crippen LogP contribution is 2.32. The molecule has 4 rings (SSSR count). The Labute approximate surface area is 212 Å². The number of fused-ring (bicyclic) bond motifs is 1. The fraction of sp³-hybridized carbons (Fsp3) is 0.560. The minimum absolute atomic E-state index is 0.0411.